The Morgan fingerprint density at radius 2 is 2.33 bits per heavy atom. The van der Waals surface area contributed by atoms with E-state index in [9.17, 15) is 9.59 Å². The van der Waals surface area contributed by atoms with Crippen LogP contribution in [-0.4, -0.2) is 37.7 Å². The first-order valence-corrected chi connectivity index (χ1v) is 7.63. The first kappa shape index (κ1) is 16.3. The van der Waals surface area contributed by atoms with Crippen molar-refractivity contribution in [1.82, 2.24) is 19.3 Å². The molecule has 2 aromatic rings. The van der Waals surface area contributed by atoms with Crippen LogP contribution in [0.1, 0.15) is 30.5 Å². The Kier molecular flexibility index (Phi) is 4.43. The van der Waals surface area contributed by atoms with E-state index in [-0.39, 0.29) is 6.54 Å². The fourth-order valence-electron chi connectivity index (χ4n) is 2.69. The zero-order valence-electron chi connectivity index (χ0n) is 12.8. The number of hydrogen-bond acceptors (Lipinski definition) is 6. The summed E-state index contributed by atoms with van der Waals surface area (Å²) in [7, 11) is 1.46. The summed E-state index contributed by atoms with van der Waals surface area (Å²) in [4.78, 5) is 27.4. The molecule has 9 nitrogen and oxygen atoms in total. The minimum Gasteiger partial charge on any atom is -0.480 e. The molecule has 0 bridgehead atoms. The summed E-state index contributed by atoms with van der Waals surface area (Å²) in [5, 5.41) is 13.4. The van der Waals surface area contributed by atoms with Gasteiger partial charge in [-0.1, -0.05) is 11.6 Å². The van der Waals surface area contributed by atoms with Gasteiger partial charge >= 0.3 is 11.8 Å². The molecule has 0 fully saturated rings. The molecule has 2 aromatic heterocycles. The van der Waals surface area contributed by atoms with Gasteiger partial charge in [0.15, 0.2) is 6.23 Å². The first-order valence-electron chi connectivity index (χ1n) is 7.26. The topological polar surface area (TPSA) is 108 Å². The second-order valence-electron chi connectivity index (χ2n) is 5.29. The number of aromatic nitrogens is 4. The fourth-order valence-corrected chi connectivity index (χ4v) is 2.96. The lowest BCUT2D eigenvalue weighted by molar-refractivity contribution is 0.00392. The zero-order chi connectivity index (χ0) is 17.3. The van der Waals surface area contributed by atoms with Crippen LogP contribution in [0.15, 0.2) is 17.1 Å². The van der Waals surface area contributed by atoms with Crippen LogP contribution in [0, 0.1) is 0 Å². The number of carboxylic acid groups (broad SMARTS) is 1. The van der Waals surface area contributed by atoms with Crippen molar-refractivity contribution >= 4 is 17.8 Å². The molecule has 128 valence electrons. The Hall–Kier alpha value is -2.55. The molecule has 0 aliphatic carbocycles. The average Bonchev–Trinajstić information content (AvgIpc) is 2.84. The number of aryl methyl sites for hydroxylation is 1. The highest BCUT2D eigenvalue weighted by Gasteiger charge is 2.28. The Morgan fingerprint density at radius 3 is 3.00 bits per heavy atom. The normalized spacial score (nSPS) is 16.5. The van der Waals surface area contributed by atoms with Crippen molar-refractivity contribution in [2.24, 2.45) is 0 Å². The second kappa shape index (κ2) is 6.52. The Bertz CT molecular complexity index is 831. The summed E-state index contributed by atoms with van der Waals surface area (Å²) >= 11 is 6.03. The van der Waals surface area contributed by atoms with E-state index >= 15 is 0 Å². The molecule has 0 unspecified atom stereocenters. The van der Waals surface area contributed by atoms with Gasteiger partial charge in [0, 0.05) is 19.0 Å². The highest BCUT2D eigenvalue weighted by Crippen LogP contribution is 2.24. The van der Waals surface area contributed by atoms with Gasteiger partial charge in [-0.25, -0.2) is 23.8 Å². The molecular weight excluding hydrogens is 340 g/mol. The number of fused-ring (bicyclic) bond motifs is 1. The van der Waals surface area contributed by atoms with E-state index in [1.54, 1.807) is 12.3 Å². The molecule has 0 saturated heterocycles. The van der Waals surface area contributed by atoms with Crippen molar-refractivity contribution in [1.29, 1.82) is 0 Å². The number of rotatable bonds is 4. The number of halogens is 1. The van der Waals surface area contributed by atoms with E-state index in [0.29, 0.717) is 41.6 Å². The van der Waals surface area contributed by atoms with Crippen molar-refractivity contribution in [3.8, 4) is 5.88 Å². The second-order valence-corrected chi connectivity index (χ2v) is 5.70. The SMILES string of the molecule is COc1ncc(Cn2nc3n(c2=O)[C@@H](OC(=O)O)CCC3)cc1Cl. The molecule has 3 heterocycles. The fraction of sp³-hybridized carbons (Fsp3) is 0.429. The van der Waals surface area contributed by atoms with E-state index in [4.69, 9.17) is 26.2 Å². The summed E-state index contributed by atoms with van der Waals surface area (Å²) in [6.45, 7) is 0.162. The molecule has 3 rings (SSSR count). The van der Waals surface area contributed by atoms with E-state index < -0.39 is 18.1 Å². The lowest BCUT2D eigenvalue weighted by Crippen LogP contribution is -2.33. The molecule has 0 radical (unpaired) electrons. The van der Waals surface area contributed by atoms with Gasteiger partial charge in [-0.15, -0.1) is 0 Å². The lowest BCUT2D eigenvalue weighted by Gasteiger charge is -2.21. The van der Waals surface area contributed by atoms with E-state index in [2.05, 4.69) is 10.1 Å². The molecule has 0 amide bonds. The van der Waals surface area contributed by atoms with Crippen molar-refractivity contribution < 1.29 is 19.4 Å². The third-order valence-electron chi connectivity index (χ3n) is 3.71. The van der Waals surface area contributed by atoms with E-state index in [1.165, 1.54) is 16.4 Å². The van der Waals surface area contributed by atoms with E-state index in [1.807, 2.05) is 0 Å². The van der Waals surface area contributed by atoms with Gasteiger partial charge in [0.1, 0.15) is 10.8 Å². The molecule has 1 aliphatic rings. The number of ether oxygens (including phenoxy) is 2. The standard InChI is InChI=1S/C14H15ClN4O5/c1-23-12-9(15)5-8(6-16-12)7-18-13(20)19-10(17-18)3-2-4-11(19)24-14(21)22/h5-6,11H,2-4,7H2,1H3,(H,21,22)/t11-/m0/s1. The quantitative estimate of drug-likeness (QED) is 0.832. The lowest BCUT2D eigenvalue weighted by atomic mass is 10.1. The van der Waals surface area contributed by atoms with Crippen LogP contribution in [0.5, 0.6) is 5.88 Å². The molecular formula is C14H15ClN4O5. The van der Waals surface area contributed by atoms with Gasteiger partial charge in [-0.2, -0.15) is 5.10 Å². The van der Waals surface area contributed by atoms with Crippen LogP contribution >= 0.6 is 11.6 Å². The van der Waals surface area contributed by atoms with Crippen LogP contribution in [0.25, 0.3) is 0 Å². The number of nitrogens with zero attached hydrogens (tertiary/aromatic N) is 4. The summed E-state index contributed by atoms with van der Waals surface area (Å²) in [6.07, 6.45) is 1.01. The Morgan fingerprint density at radius 1 is 1.54 bits per heavy atom. The van der Waals surface area contributed by atoms with Crippen LogP contribution in [0.2, 0.25) is 5.02 Å². The third kappa shape index (κ3) is 3.07. The van der Waals surface area contributed by atoms with Crippen molar-refractivity contribution in [3.63, 3.8) is 0 Å². The van der Waals surface area contributed by atoms with Crippen molar-refractivity contribution in [2.45, 2.75) is 32.0 Å². The number of carbonyl (C=O) groups is 1. The molecule has 24 heavy (non-hydrogen) atoms. The smallest absolute Gasteiger partial charge is 0.480 e. The van der Waals surface area contributed by atoms with Crippen LogP contribution in [-0.2, 0) is 17.7 Å². The maximum absolute atomic E-state index is 12.5. The molecule has 1 N–H and O–H groups in total. The zero-order valence-corrected chi connectivity index (χ0v) is 13.6. The van der Waals surface area contributed by atoms with Crippen LogP contribution in [0.4, 0.5) is 4.79 Å². The number of pyridine rings is 1. The minimum absolute atomic E-state index is 0.162. The molecule has 1 atom stereocenters. The Balaban J connectivity index is 1.90. The van der Waals surface area contributed by atoms with Crippen LogP contribution < -0.4 is 10.4 Å². The molecule has 0 aromatic carbocycles. The predicted octanol–water partition coefficient (Wildman–Crippen LogP) is 1.68. The summed E-state index contributed by atoms with van der Waals surface area (Å²) in [5.74, 6) is 0.803. The monoisotopic (exact) mass is 354 g/mol. The van der Waals surface area contributed by atoms with Crippen molar-refractivity contribution in [3.05, 3.63) is 39.2 Å². The summed E-state index contributed by atoms with van der Waals surface area (Å²) in [6, 6.07) is 1.64. The average molecular weight is 355 g/mol. The summed E-state index contributed by atoms with van der Waals surface area (Å²) in [5.41, 5.74) is 0.247. The minimum atomic E-state index is -1.42. The maximum Gasteiger partial charge on any atom is 0.507 e. The third-order valence-corrected chi connectivity index (χ3v) is 3.98. The van der Waals surface area contributed by atoms with Gasteiger partial charge in [-0.3, -0.25) is 0 Å². The maximum atomic E-state index is 12.5. The molecule has 0 saturated carbocycles. The van der Waals surface area contributed by atoms with Gasteiger partial charge in [0.05, 0.1) is 13.7 Å². The number of hydrogen-bond donors (Lipinski definition) is 1. The predicted molar refractivity (Wildman–Crippen MR) is 82.5 cm³/mol. The highest BCUT2D eigenvalue weighted by atomic mass is 35.5. The largest absolute Gasteiger partial charge is 0.507 e. The highest BCUT2D eigenvalue weighted by molar-refractivity contribution is 6.31. The summed E-state index contributed by atoms with van der Waals surface area (Å²) < 4.78 is 12.3. The van der Waals surface area contributed by atoms with Gasteiger partial charge in [0.25, 0.3) is 0 Å². The Labute approximate surface area is 141 Å². The molecule has 1 aliphatic heterocycles. The van der Waals surface area contributed by atoms with Crippen LogP contribution in [0.3, 0.4) is 0 Å². The molecule has 0 spiro atoms. The van der Waals surface area contributed by atoms with Gasteiger partial charge in [0.2, 0.25) is 5.88 Å². The van der Waals surface area contributed by atoms with Gasteiger partial charge < -0.3 is 14.6 Å². The van der Waals surface area contributed by atoms with E-state index in [0.717, 1.165) is 0 Å². The first-order chi connectivity index (χ1) is 11.5. The molecule has 10 heteroatoms. The number of methoxy groups -OCH3 is 1. The van der Waals surface area contributed by atoms with Gasteiger partial charge in [-0.05, 0) is 18.1 Å². The van der Waals surface area contributed by atoms with Crippen molar-refractivity contribution in [2.75, 3.05) is 7.11 Å².